The van der Waals surface area contributed by atoms with E-state index in [9.17, 15) is 8.42 Å². The van der Waals surface area contributed by atoms with Crippen LogP contribution in [0.25, 0.3) is 0 Å². The van der Waals surface area contributed by atoms with Crippen LogP contribution in [0.4, 0.5) is 5.82 Å². The molecule has 1 aliphatic rings. The molecule has 0 bridgehead atoms. The summed E-state index contributed by atoms with van der Waals surface area (Å²) in [5, 5.41) is 13.0. The highest BCUT2D eigenvalue weighted by atomic mass is 32.2. The van der Waals surface area contributed by atoms with Gasteiger partial charge in [0.15, 0.2) is 5.82 Å². The Kier molecular flexibility index (Phi) is 4.66. The maximum absolute atomic E-state index is 12.6. The Balaban J connectivity index is 2.18. The monoisotopic (exact) mass is 302 g/mol. The van der Waals surface area contributed by atoms with E-state index in [1.54, 1.807) is 4.68 Å². The van der Waals surface area contributed by atoms with E-state index in [1.165, 1.54) is 10.5 Å². The number of rotatable bonds is 6. The van der Waals surface area contributed by atoms with Gasteiger partial charge in [0.25, 0.3) is 0 Å². The summed E-state index contributed by atoms with van der Waals surface area (Å²) in [7, 11) is -3.57. The van der Waals surface area contributed by atoms with Crippen LogP contribution in [0, 0.1) is 5.92 Å². The number of sulfonamides is 1. The number of hydrogen-bond acceptors (Lipinski definition) is 5. The normalized spacial score (nSPS) is 20.6. The van der Waals surface area contributed by atoms with Crippen LogP contribution in [0.1, 0.15) is 26.2 Å². The van der Waals surface area contributed by atoms with Crippen LogP contribution < -0.4 is 5.73 Å². The molecule has 20 heavy (non-hydrogen) atoms. The standard InChI is InChI=1S/C12H22N4O3S/c1-2-5-15-9-11(12(13)14-15)20(18,19)16-6-3-10(8-16)4-7-17/h9-10,17H,2-8H2,1H3,(H2,13,14). The van der Waals surface area contributed by atoms with E-state index in [0.29, 0.717) is 26.1 Å². The molecule has 0 radical (unpaired) electrons. The van der Waals surface area contributed by atoms with E-state index in [1.807, 2.05) is 6.92 Å². The summed E-state index contributed by atoms with van der Waals surface area (Å²) in [6.07, 6.45) is 3.79. The van der Waals surface area contributed by atoms with Gasteiger partial charge in [-0.3, -0.25) is 4.68 Å². The van der Waals surface area contributed by atoms with Crippen molar-refractivity contribution < 1.29 is 13.5 Å². The molecule has 2 rings (SSSR count). The number of aromatic nitrogens is 2. The zero-order valence-corrected chi connectivity index (χ0v) is 12.5. The highest BCUT2D eigenvalue weighted by molar-refractivity contribution is 7.89. The Bertz CT molecular complexity index is 555. The lowest BCUT2D eigenvalue weighted by molar-refractivity contribution is 0.259. The van der Waals surface area contributed by atoms with Crippen molar-refractivity contribution in [3.63, 3.8) is 0 Å². The van der Waals surface area contributed by atoms with Crippen LogP contribution >= 0.6 is 0 Å². The van der Waals surface area contributed by atoms with E-state index in [-0.39, 0.29) is 23.2 Å². The number of aliphatic hydroxyl groups is 1. The molecule has 1 unspecified atom stereocenters. The number of nitrogens with two attached hydrogens (primary N) is 1. The largest absolute Gasteiger partial charge is 0.396 e. The lowest BCUT2D eigenvalue weighted by Gasteiger charge is -2.15. The van der Waals surface area contributed by atoms with Gasteiger partial charge in [0, 0.05) is 32.4 Å². The molecule has 1 aromatic heterocycles. The molecule has 1 fully saturated rings. The molecule has 3 N–H and O–H groups in total. The second-order valence-corrected chi connectivity index (χ2v) is 7.08. The average Bonchev–Trinajstić information content (AvgIpc) is 2.98. The van der Waals surface area contributed by atoms with Crippen molar-refractivity contribution >= 4 is 15.8 Å². The van der Waals surface area contributed by atoms with Gasteiger partial charge in [-0.2, -0.15) is 9.40 Å². The highest BCUT2D eigenvalue weighted by Crippen LogP contribution is 2.28. The van der Waals surface area contributed by atoms with E-state index < -0.39 is 10.0 Å². The topological polar surface area (TPSA) is 101 Å². The summed E-state index contributed by atoms with van der Waals surface area (Å²) in [6, 6.07) is 0. The lowest BCUT2D eigenvalue weighted by atomic mass is 10.1. The third-order valence-corrected chi connectivity index (χ3v) is 5.49. The smallest absolute Gasteiger partial charge is 0.248 e. The number of nitrogens with zero attached hydrogens (tertiary/aromatic N) is 3. The molecule has 114 valence electrons. The minimum Gasteiger partial charge on any atom is -0.396 e. The Hall–Kier alpha value is -1.12. The Morgan fingerprint density at radius 1 is 1.55 bits per heavy atom. The minimum atomic E-state index is -3.57. The van der Waals surface area contributed by atoms with Crippen LogP contribution in [-0.2, 0) is 16.6 Å². The van der Waals surface area contributed by atoms with Gasteiger partial charge in [-0.25, -0.2) is 8.42 Å². The molecule has 0 saturated carbocycles. The van der Waals surface area contributed by atoms with Gasteiger partial charge in [0.2, 0.25) is 10.0 Å². The quantitative estimate of drug-likeness (QED) is 0.785. The summed E-state index contributed by atoms with van der Waals surface area (Å²) in [4.78, 5) is 0.0931. The molecular weight excluding hydrogens is 280 g/mol. The summed E-state index contributed by atoms with van der Waals surface area (Å²) in [5.74, 6) is 0.283. The third kappa shape index (κ3) is 2.97. The zero-order chi connectivity index (χ0) is 14.8. The first-order valence-electron chi connectivity index (χ1n) is 6.93. The molecule has 0 aromatic carbocycles. The van der Waals surface area contributed by atoms with Crippen molar-refractivity contribution in [3.05, 3.63) is 6.20 Å². The molecule has 7 nitrogen and oxygen atoms in total. The average molecular weight is 302 g/mol. The second-order valence-electron chi connectivity index (χ2n) is 5.17. The number of nitrogen functional groups attached to an aromatic ring is 1. The Morgan fingerprint density at radius 2 is 2.30 bits per heavy atom. The first-order valence-corrected chi connectivity index (χ1v) is 8.37. The predicted molar refractivity (Wildman–Crippen MR) is 75.5 cm³/mol. The van der Waals surface area contributed by atoms with Crippen LogP contribution in [-0.4, -0.2) is 47.3 Å². The van der Waals surface area contributed by atoms with Crippen molar-refractivity contribution in [2.45, 2.75) is 37.6 Å². The summed E-state index contributed by atoms with van der Waals surface area (Å²) >= 11 is 0. The van der Waals surface area contributed by atoms with Gasteiger partial charge in [-0.05, 0) is 25.2 Å². The molecule has 0 spiro atoms. The fourth-order valence-electron chi connectivity index (χ4n) is 2.53. The maximum Gasteiger partial charge on any atom is 0.248 e. The third-order valence-electron chi connectivity index (χ3n) is 3.61. The van der Waals surface area contributed by atoms with Crippen molar-refractivity contribution in [1.29, 1.82) is 0 Å². The van der Waals surface area contributed by atoms with Gasteiger partial charge in [0.05, 0.1) is 0 Å². The van der Waals surface area contributed by atoms with Crippen molar-refractivity contribution in [2.75, 3.05) is 25.4 Å². The first kappa shape index (κ1) is 15.3. The maximum atomic E-state index is 12.6. The first-order chi connectivity index (χ1) is 9.48. The summed E-state index contributed by atoms with van der Waals surface area (Å²) in [5.41, 5.74) is 5.74. The molecule has 8 heteroatoms. The SMILES string of the molecule is CCCn1cc(S(=O)(=O)N2CCC(CCO)C2)c(N)n1. The second kappa shape index (κ2) is 6.11. The zero-order valence-electron chi connectivity index (χ0n) is 11.7. The number of hydrogen-bond donors (Lipinski definition) is 2. The summed E-state index contributed by atoms with van der Waals surface area (Å²) < 4.78 is 28.1. The number of anilines is 1. The van der Waals surface area contributed by atoms with Gasteiger partial charge in [-0.15, -0.1) is 0 Å². The number of aliphatic hydroxyl groups excluding tert-OH is 1. The highest BCUT2D eigenvalue weighted by Gasteiger charge is 2.34. The molecule has 0 amide bonds. The Labute approximate surface area is 119 Å². The molecule has 1 atom stereocenters. The van der Waals surface area contributed by atoms with Crippen molar-refractivity contribution in [1.82, 2.24) is 14.1 Å². The van der Waals surface area contributed by atoms with Crippen LogP contribution in [0.15, 0.2) is 11.1 Å². The fraction of sp³-hybridized carbons (Fsp3) is 0.750. The van der Waals surface area contributed by atoms with Crippen LogP contribution in [0.2, 0.25) is 0 Å². The van der Waals surface area contributed by atoms with Gasteiger partial charge >= 0.3 is 0 Å². The van der Waals surface area contributed by atoms with Crippen LogP contribution in [0.5, 0.6) is 0 Å². The Morgan fingerprint density at radius 3 is 2.95 bits per heavy atom. The van der Waals surface area contributed by atoms with Gasteiger partial charge in [0.1, 0.15) is 4.90 Å². The number of aryl methyl sites for hydroxylation is 1. The van der Waals surface area contributed by atoms with E-state index >= 15 is 0 Å². The molecular formula is C12H22N4O3S. The lowest BCUT2D eigenvalue weighted by Crippen LogP contribution is -2.29. The van der Waals surface area contributed by atoms with E-state index in [0.717, 1.165) is 12.8 Å². The molecule has 0 aliphatic carbocycles. The van der Waals surface area contributed by atoms with E-state index in [4.69, 9.17) is 10.8 Å². The van der Waals surface area contributed by atoms with Crippen molar-refractivity contribution in [3.8, 4) is 0 Å². The molecule has 2 heterocycles. The van der Waals surface area contributed by atoms with Gasteiger partial charge < -0.3 is 10.8 Å². The van der Waals surface area contributed by atoms with E-state index in [2.05, 4.69) is 5.10 Å². The summed E-state index contributed by atoms with van der Waals surface area (Å²) in [6.45, 7) is 3.65. The van der Waals surface area contributed by atoms with Crippen LogP contribution in [0.3, 0.4) is 0 Å². The fourth-order valence-corrected chi connectivity index (χ4v) is 4.12. The minimum absolute atomic E-state index is 0.0593. The van der Waals surface area contributed by atoms with Crippen molar-refractivity contribution in [2.24, 2.45) is 5.92 Å². The molecule has 1 aromatic rings. The molecule has 1 saturated heterocycles. The predicted octanol–water partition coefficient (Wildman–Crippen LogP) is 0.268. The van der Waals surface area contributed by atoms with Gasteiger partial charge in [-0.1, -0.05) is 6.92 Å². The molecule has 1 aliphatic heterocycles.